The van der Waals surface area contributed by atoms with Gasteiger partial charge in [0.1, 0.15) is 5.82 Å². The number of aromatic nitrogens is 4. The molecule has 0 radical (unpaired) electrons. The first kappa shape index (κ1) is 15.0. The number of likely N-dealkylation sites (tertiary alicyclic amines) is 1. The third-order valence-electron chi connectivity index (χ3n) is 4.36. The van der Waals surface area contributed by atoms with Crippen LogP contribution in [0.3, 0.4) is 0 Å². The third kappa shape index (κ3) is 3.21. The molecule has 0 unspecified atom stereocenters. The Bertz CT molecular complexity index is 801. The first-order valence-electron chi connectivity index (χ1n) is 8.08. The van der Waals surface area contributed by atoms with E-state index in [2.05, 4.69) is 25.3 Å². The predicted octanol–water partition coefficient (Wildman–Crippen LogP) is 2.98. The highest BCUT2D eigenvalue weighted by atomic mass is 19.1. The van der Waals surface area contributed by atoms with E-state index in [-0.39, 0.29) is 5.82 Å². The number of rotatable bonds is 4. The number of benzene rings is 1. The van der Waals surface area contributed by atoms with Crippen LogP contribution in [0.4, 0.5) is 4.39 Å². The van der Waals surface area contributed by atoms with E-state index in [1.54, 1.807) is 18.3 Å². The summed E-state index contributed by atoms with van der Waals surface area (Å²) in [5.74, 6) is 1.05. The molecule has 1 aliphatic rings. The van der Waals surface area contributed by atoms with Crippen LogP contribution in [0.25, 0.3) is 11.5 Å². The van der Waals surface area contributed by atoms with Crippen LogP contribution in [-0.4, -0.2) is 38.4 Å². The molecule has 1 atom stereocenters. The number of halogens is 1. The van der Waals surface area contributed by atoms with Gasteiger partial charge in [-0.25, -0.2) is 4.39 Å². The highest BCUT2D eigenvalue weighted by Crippen LogP contribution is 2.26. The number of nitrogens with one attached hydrogen (secondary N) is 1. The lowest BCUT2D eigenvalue weighted by atomic mass is 9.95. The summed E-state index contributed by atoms with van der Waals surface area (Å²) in [6, 6.07) is 8.21. The molecule has 0 saturated carbocycles. The monoisotopic (exact) mass is 327 g/mol. The van der Waals surface area contributed by atoms with Crippen molar-refractivity contribution in [2.24, 2.45) is 0 Å². The van der Waals surface area contributed by atoms with Crippen molar-refractivity contribution in [2.45, 2.75) is 25.3 Å². The van der Waals surface area contributed by atoms with Crippen LogP contribution in [0.1, 0.15) is 30.3 Å². The maximum Gasteiger partial charge on any atom is 0.247 e. The smallest absolute Gasteiger partial charge is 0.247 e. The molecule has 124 valence electrons. The highest BCUT2D eigenvalue weighted by molar-refractivity contribution is 5.52. The van der Waals surface area contributed by atoms with E-state index < -0.39 is 0 Å². The van der Waals surface area contributed by atoms with E-state index in [0.29, 0.717) is 29.8 Å². The van der Waals surface area contributed by atoms with Crippen molar-refractivity contribution in [1.29, 1.82) is 0 Å². The maximum atomic E-state index is 13.3. The van der Waals surface area contributed by atoms with Gasteiger partial charge in [-0.05, 0) is 43.7 Å². The SMILES string of the molecule is Fc1cccc(-c2nnc(CN3CCC[C@@H](c4ccn[nH]4)C3)o2)c1. The summed E-state index contributed by atoms with van der Waals surface area (Å²) in [5.41, 5.74) is 1.77. The van der Waals surface area contributed by atoms with E-state index in [1.807, 2.05) is 6.07 Å². The van der Waals surface area contributed by atoms with Gasteiger partial charge in [-0.1, -0.05) is 6.07 Å². The van der Waals surface area contributed by atoms with E-state index in [0.717, 1.165) is 25.9 Å². The zero-order chi connectivity index (χ0) is 16.4. The van der Waals surface area contributed by atoms with Crippen molar-refractivity contribution in [2.75, 3.05) is 13.1 Å². The van der Waals surface area contributed by atoms with Crippen molar-refractivity contribution in [3.63, 3.8) is 0 Å². The van der Waals surface area contributed by atoms with Gasteiger partial charge in [0.25, 0.3) is 0 Å². The highest BCUT2D eigenvalue weighted by Gasteiger charge is 2.23. The number of piperidine rings is 1. The van der Waals surface area contributed by atoms with E-state index in [1.165, 1.54) is 17.8 Å². The minimum atomic E-state index is -0.314. The summed E-state index contributed by atoms with van der Waals surface area (Å²) < 4.78 is 19.0. The molecule has 24 heavy (non-hydrogen) atoms. The lowest BCUT2D eigenvalue weighted by Crippen LogP contribution is -2.34. The van der Waals surface area contributed by atoms with Gasteiger partial charge in [-0.3, -0.25) is 10.00 Å². The van der Waals surface area contributed by atoms with E-state index in [9.17, 15) is 4.39 Å². The third-order valence-corrected chi connectivity index (χ3v) is 4.36. The number of aromatic amines is 1. The van der Waals surface area contributed by atoms with Crippen LogP contribution < -0.4 is 0 Å². The molecule has 2 aromatic heterocycles. The second kappa shape index (κ2) is 6.52. The molecule has 1 aromatic carbocycles. The standard InChI is InChI=1S/C17H18FN5O/c18-14-5-1-3-12(9-14)17-22-21-16(24-17)11-23-8-2-4-13(10-23)15-6-7-19-20-15/h1,3,5-7,9,13H,2,4,8,10-11H2,(H,19,20)/t13-/m1/s1. The average Bonchev–Trinajstić information content (AvgIpc) is 3.27. The van der Waals surface area contributed by atoms with Gasteiger partial charge >= 0.3 is 0 Å². The molecule has 1 saturated heterocycles. The summed E-state index contributed by atoms with van der Waals surface area (Å²) in [4.78, 5) is 2.30. The van der Waals surface area contributed by atoms with Gasteiger partial charge < -0.3 is 4.42 Å². The molecule has 0 spiro atoms. The average molecular weight is 327 g/mol. The molecular formula is C17H18FN5O. The lowest BCUT2D eigenvalue weighted by Gasteiger charge is -2.31. The second-order valence-electron chi connectivity index (χ2n) is 6.10. The zero-order valence-electron chi connectivity index (χ0n) is 13.2. The fourth-order valence-electron chi connectivity index (χ4n) is 3.19. The van der Waals surface area contributed by atoms with Crippen molar-refractivity contribution in [3.05, 3.63) is 53.9 Å². The Labute approximate surface area is 138 Å². The number of H-pyrrole nitrogens is 1. The van der Waals surface area contributed by atoms with Crippen LogP contribution in [0.5, 0.6) is 0 Å². The normalized spacial score (nSPS) is 18.8. The summed E-state index contributed by atoms with van der Waals surface area (Å²) in [6.45, 7) is 2.54. The Morgan fingerprint density at radius 2 is 2.25 bits per heavy atom. The Balaban J connectivity index is 1.44. The van der Waals surface area contributed by atoms with Gasteiger partial charge in [0, 0.05) is 29.9 Å². The summed E-state index contributed by atoms with van der Waals surface area (Å²) in [6.07, 6.45) is 4.06. The molecule has 1 aliphatic heterocycles. The van der Waals surface area contributed by atoms with Gasteiger partial charge in [0.2, 0.25) is 11.8 Å². The van der Waals surface area contributed by atoms with Crippen LogP contribution in [-0.2, 0) is 6.54 Å². The van der Waals surface area contributed by atoms with Crippen LogP contribution in [0.15, 0.2) is 40.9 Å². The predicted molar refractivity (Wildman–Crippen MR) is 85.5 cm³/mol. The molecule has 0 aliphatic carbocycles. The minimum absolute atomic E-state index is 0.314. The Morgan fingerprint density at radius 1 is 1.29 bits per heavy atom. The van der Waals surface area contributed by atoms with Gasteiger partial charge in [0.05, 0.1) is 6.54 Å². The summed E-state index contributed by atoms with van der Waals surface area (Å²) >= 11 is 0. The van der Waals surface area contributed by atoms with Crippen molar-refractivity contribution >= 4 is 0 Å². The Hall–Kier alpha value is -2.54. The molecule has 0 bridgehead atoms. The first-order chi connectivity index (χ1) is 11.8. The molecule has 7 heteroatoms. The van der Waals surface area contributed by atoms with Crippen LogP contribution >= 0.6 is 0 Å². The Morgan fingerprint density at radius 3 is 3.08 bits per heavy atom. The molecule has 3 heterocycles. The number of hydrogen-bond acceptors (Lipinski definition) is 5. The quantitative estimate of drug-likeness (QED) is 0.798. The fraction of sp³-hybridized carbons (Fsp3) is 0.353. The number of hydrogen-bond donors (Lipinski definition) is 1. The number of nitrogens with zero attached hydrogens (tertiary/aromatic N) is 4. The molecule has 1 N–H and O–H groups in total. The fourth-order valence-corrected chi connectivity index (χ4v) is 3.19. The maximum absolute atomic E-state index is 13.3. The van der Waals surface area contributed by atoms with Crippen LogP contribution in [0, 0.1) is 5.82 Å². The summed E-state index contributed by atoms with van der Waals surface area (Å²) in [7, 11) is 0. The lowest BCUT2D eigenvalue weighted by molar-refractivity contribution is 0.182. The summed E-state index contributed by atoms with van der Waals surface area (Å²) in [5, 5.41) is 15.2. The molecule has 6 nitrogen and oxygen atoms in total. The minimum Gasteiger partial charge on any atom is -0.419 e. The van der Waals surface area contributed by atoms with E-state index >= 15 is 0 Å². The Kier molecular flexibility index (Phi) is 4.08. The van der Waals surface area contributed by atoms with Gasteiger partial charge in [-0.2, -0.15) is 5.10 Å². The molecule has 0 amide bonds. The topological polar surface area (TPSA) is 70.8 Å². The molecular weight excluding hydrogens is 309 g/mol. The van der Waals surface area contributed by atoms with Crippen molar-refractivity contribution in [1.82, 2.24) is 25.3 Å². The second-order valence-corrected chi connectivity index (χ2v) is 6.10. The molecule has 1 fully saturated rings. The van der Waals surface area contributed by atoms with Crippen molar-refractivity contribution in [3.8, 4) is 11.5 Å². The van der Waals surface area contributed by atoms with Gasteiger partial charge in [0.15, 0.2) is 0 Å². The first-order valence-corrected chi connectivity index (χ1v) is 8.08. The largest absolute Gasteiger partial charge is 0.419 e. The van der Waals surface area contributed by atoms with Gasteiger partial charge in [-0.15, -0.1) is 10.2 Å². The van der Waals surface area contributed by atoms with Crippen molar-refractivity contribution < 1.29 is 8.81 Å². The molecule has 4 rings (SSSR count). The zero-order valence-corrected chi connectivity index (χ0v) is 13.2. The molecule has 3 aromatic rings. The van der Waals surface area contributed by atoms with E-state index in [4.69, 9.17) is 4.42 Å². The van der Waals surface area contributed by atoms with Crippen LogP contribution in [0.2, 0.25) is 0 Å².